The van der Waals surface area contributed by atoms with Crippen molar-refractivity contribution in [1.82, 2.24) is 0 Å². The van der Waals surface area contributed by atoms with Gasteiger partial charge in [-0.15, -0.1) is 0 Å². The molecular formula is C10H10FNO3. The molecule has 2 N–H and O–H groups in total. The number of hydrogen-bond donors (Lipinski definition) is 2. The summed E-state index contributed by atoms with van der Waals surface area (Å²) in [4.78, 5) is 21.3. The number of amides is 1. The number of carbonyl (C=O) groups is 2. The summed E-state index contributed by atoms with van der Waals surface area (Å²) in [6, 6.07) is 2.49. The van der Waals surface area contributed by atoms with Gasteiger partial charge in [-0.05, 0) is 19.1 Å². The van der Waals surface area contributed by atoms with Gasteiger partial charge in [0.05, 0.1) is 5.56 Å². The van der Waals surface area contributed by atoms with Crippen molar-refractivity contribution >= 4 is 17.6 Å². The first kappa shape index (κ1) is 11.2. The molecule has 1 rings (SSSR count). The molecule has 15 heavy (non-hydrogen) atoms. The van der Waals surface area contributed by atoms with E-state index in [1.807, 2.05) is 0 Å². The van der Waals surface area contributed by atoms with Crippen molar-refractivity contribution in [3.63, 3.8) is 0 Å². The van der Waals surface area contributed by atoms with E-state index in [0.717, 1.165) is 6.07 Å². The van der Waals surface area contributed by atoms with E-state index in [2.05, 4.69) is 5.32 Å². The molecule has 1 amide bonds. The monoisotopic (exact) mass is 211 g/mol. The molecule has 0 aliphatic heterocycles. The van der Waals surface area contributed by atoms with Crippen LogP contribution in [0.5, 0.6) is 0 Å². The van der Waals surface area contributed by atoms with Crippen LogP contribution in [-0.2, 0) is 4.79 Å². The summed E-state index contributed by atoms with van der Waals surface area (Å²) < 4.78 is 13.4. The van der Waals surface area contributed by atoms with Crippen molar-refractivity contribution < 1.29 is 19.1 Å². The summed E-state index contributed by atoms with van der Waals surface area (Å²) in [5.41, 5.74) is -0.00305. The normalized spacial score (nSPS) is 9.80. The molecule has 0 bridgehead atoms. The van der Waals surface area contributed by atoms with Gasteiger partial charge in [0, 0.05) is 18.2 Å². The summed E-state index contributed by atoms with van der Waals surface area (Å²) in [5.74, 6) is -2.49. The van der Waals surface area contributed by atoms with Crippen LogP contribution in [0.4, 0.5) is 10.1 Å². The number of anilines is 1. The van der Waals surface area contributed by atoms with Gasteiger partial charge in [0.1, 0.15) is 5.82 Å². The van der Waals surface area contributed by atoms with Crippen LogP contribution in [0, 0.1) is 12.7 Å². The molecule has 0 radical (unpaired) electrons. The zero-order chi connectivity index (χ0) is 11.6. The second kappa shape index (κ2) is 4.08. The average molecular weight is 211 g/mol. The van der Waals surface area contributed by atoms with Crippen molar-refractivity contribution in [2.24, 2.45) is 0 Å². The predicted octanol–water partition coefficient (Wildman–Crippen LogP) is 1.79. The van der Waals surface area contributed by atoms with Gasteiger partial charge in [-0.2, -0.15) is 0 Å². The summed E-state index contributed by atoms with van der Waals surface area (Å²) >= 11 is 0. The van der Waals surface area contributed by atoms with Crippen LogP contribution >= 0.6 is 0 Å². The SMILES string of the molecule is CC(=O)Nc1ccc(C(=O)O)c(F)c1C. The first-order valence-corrected chi connectivity index (χ1v) is 4.23. The van der Waals surface area contributed by atoms with Gasteiger partial charge < -0.3 is 10.4 Å². The average Bonchev–Trinajstić information content (AvgIpc) is 2.12. The van der Waals surface area contributed by atoms with Crippen LogP contribution in [0.25, 0.3) is 0 Å². The molecule has 0 heterocycles. The van der Waals surface area contributed by atoms with Gasteiger partial charge >= 0.3 is 5.97 Å². The number of nitrogens with one attached hydrogen (secondary N) is 1. The largest absolute Gasteiger partial charge is 0.478 e. The van der Waals surface area contributed by atoms with E-state index in [1.165, 1.54) is 19.9 Å². The third-order valence-corrected chi connectivity index (χ3v) is 1.93. The van der Waals surface area contributed by atoms with Crippen LogP contribution < -0.4 is 5.32 Å². The van der Waals surface area contributed by atoms with Gasteiger partial charge in [0.25, 0.3) is 0 Å². The number of halogens is 1. The van der Waals surface area contributed by atoms with Gasteiger partial charge in [-0.25, -0.2) is 9.18 Å². The molecule has 0 aliphatic rings. The summed E-state index contributed by atoms with van der Waals surface area (Å²) in [6.07, 6.45) is 0. The predicted molar refractivity (Wildman–Crippen MR) is 52.4 cm³/mol. The number of hydrogen-bond acceptors (Lipinski definition) is 2. The Bertz CT molecular complexity index is 429. The highest BCUT2D eigenvalue weighted by molar-refractivity contribution is 5.92. The lowest BCUT2D eigenvalue weighted by molar-refractivity contribution is -0.114. The van der Waals surface area contributed by atoms with Crippen LogP contribution in [0.3, 0.4) is 0 Å². The second-order valence-electron chi connectivity index (χ2n) is 3.09. The number of carbonyl (C=O) groups excluding carboxylic acids is 1. The number of benzene rings is 1. The quantitative estimate of drug-likeness (QED) is 0.783. The molecule has 0 saturated heterocycles. The molecular weight excluding hydrogens is 201 g/mol. The molecule has 0 aromatic heterocycles. The summed E-state index contributed by atoms with van der Waals surface area (Å²) in [5, 5.41) is 11.0. The molecule has 0 atom stereocenters. The van der Waals surface area contributed by atoms with Crippen molar-refractivity contribution in [3.05, 3.63) is 29.1 Å². The van der Waals surface area contributed by atoms with E-state index in [1.54, 1.807) is 0 Å². The van der Waals surface area contributed by atoms with E-state index in [0.29, 0.717) is 0 Å². The first-order valence-electron chi connectivity index (χ1n) is 4.23. The Labute approximate surface area is 85.7 Å². The molecule has 80 valence electrons. The third-order valence-electron chi connectivity index (χ3n) is 1.93. The molecule has 0 aliphatic carbocycles. The molecule has 0 unspecified atom stereocenters. The Morgan fingerprint density at radius 3 is 2.47 bits per heavy atom. The topological polar surface area (TPSA) is 66.4 Å². The summed E-state index contributed by atoms with van der Waals surface area (Å²) in [7, 11) is 0. The van der Waals surface area contributed by atoms with E-state index in [-0.39, 0.29) is 17.2 Å². The lowest BCUT2D eigenvalue weighted by atomic mass is 10.1. The second-order valence-corrected chi connectivity index (χ2v) is 3.09. The standard InChI is InChI=1S/C10H10FNO3/c1-5-8(12-6(2)13)4-3-7(9(5)11)10(14)15/h3-4H,1-2H3,(H,12,13)(H,14,15). The van der Waals surface area contributed by atoms with Gasteiger partial charge in [-0.1, -0.05) is 0 Å². The van der Waals surface area contributed by atoms with E-state index >= 15 is 0 Å². The summed E-state index contributed by atoms with van der Waals surface area (Å²) in [6.45, 7) is 2.70. The maximum Gasteiger partial charge on any atom is 0.338 e. The lowest BCUT2D eigenvalue weighted by Gasteiger charge is -2.08. The van der Waals surface area contributed by atoms with E-state index in [9.17, 15) is 14.0 Å². The fourth-order valence-electron chi connectivity index (χ4n) is 1.18. The van der Waals surface area contributed by atoms with Gasteiger partial charge in [0.15, 0.2) is 0 Å². The number of aromatic carboxylic acids is 1. The molecule has 1 aromatic carbocycles. The highest BCUT2D eigenvalue weighted by atomic mass is 19.1. The van der Waals surface area contributed by atoms with Crippen molar-refractivity contribution in [2.45, 2.75) is 13.8 Å². The molecule has 5 heteroatoms. The van der Waals surface area contributed by atoms with Crippen LogP contribution in [0.1, 0.15) is 22.8 Å². The minimum Gasteiger partial charge on any atom is -0.478 e. The highest BCUT2D eigenvalue weighted by Gasteiger charge is 2.15. The first-order chi connectivity index (χ1) is 6.93. The van der Waals surface area contributed by atoms with Crippen LogP contribution in [0.15, 0.2) is 12.1 Å². The highest BCUT2D eigenvalue weighted by Crippen LogP contribution is 2.21. The molecule has 0 fully saturated rings. The van der Waals surface area contributed by atoms with E-state index < -0.39 is 17.3 Å². The van der Waals surface area contributed by atoms with E-state index in [4.69, 9.17) is 5.11 Å². The Morgan fingerprint density at radius 1 is 1.40 bits per heavy atom. The number of rotatable bonds is 2. The maximum atomic E-state index is 13.4. The molecule has 1 aromatic rings. The Morgan fingerprint density at radius 2 is 2.00 bits per heavy atom. The Kier molecular flexibility index (Phi) is 3.04. The third kappa shape index (κ3) is 2.31. The molecule has 0 spiro atoms. The maximum absolute atomic E-state index is 13.4. The van der Waals surface area contributed by atoms with Crippen molar-refractivity contribution in [1.29, 1.82) is 0 Å². The molecule has 4 nitrogen and oxygen atoms in total. The van der Waals surface area contributed by atoms with Crippen molar-refractivity contribution in [2.75, 3.05) is 5.32 Å². The van der Waals surface area contributed by atoms with Gasteiger partial charge in [-0.3, -0.25) is 4.79 Å². The minimum atomic E-state index is -1.33. The Balaban J connectivity index is 3.21. The fraction of sp³-hybridized carbons (Fsp3) is 0.200. The van der Waals surface area contributed by atoms with Crippen molar-refractivity contribution in [3.8, 4) is 0 Å². The lowest BCUT2D eigenvalue weighted by Crippen LogP contribution is -2.10. The smallest absolute Gasteiger partial charge is 0.338 e. The van der Waals surface area contributed by atoms with Crippen LogP contribution in [0.2, 0.25) is 0 Å². The Hall–Kier alpha value is -1.91. The number of carboxylic acid groups (broad SMARTS) is 1. The minimum absolute atomic E-state index is 0.116. The fourth-order valence-corrected chi connectivity index (χ4v) is 1.18. The number of carboxylic acids is 1. The molecule has 0 saturated carbocycles. The zero-order valence-corrected chi connectivity index (χ0v) is 8.30. The van der Waals surface area contributed by atoms with Gasteiger partial charge in [0.2, 0.25) is 5.91 Å². The zero-order valence-electron chi connectivity index (χ0n) is 8.30. The van der Waals surface area contributed by atoms with Crippen LogP contribution in [-0.4, -0.2) is 17.0 Å².